The summed E-state index contributed by atoms with van der Waals surface area (Å²) in [4.78, 5) is 2.51. The molecule has 0 aliphatic heterocycles. The van der Waals surface area contributed by atoms with Crippen LogP contribution >= 0.6 is 0 Å². The predicted molar refractivity (Wildman–Crippen MR) is 90.3 cm³/mol. The topological polar surface area (TPSA) is 28.4 Å². The van der Waals surface area contributed by atoms with Gasteiger partial charge in [0.25, 0.3) is 0 Å². The molecule has 0 radical (unpaired) electrons. The molecule has 0 saturated heterocycles. The third-order valence-electron chi connectivity index (χ3n) is 3.83. The molecule has 0 atom stereocenters. The Bertz CT molecular complexity index is 371. The van der Waals surface area contributed by atoms with Crippen molar-refractivity contribution in [2.75, 3.05) is 13.1 Å². The fourth-order valence-electron chi connectivity index (χ4n) is 2.43. The van der Waals surface area contributed by atoms with E-state index in [1.165, 1.54) is 24.8 Å². The number of hydrogen-bond donors (Lipinski definition) is 1. The van der Waals surface area contributed by atoms with Crippen molar-refractivity contribution >= 4 is 0 Å². The maximum atomic E-state index is 5.73. The Kier molecular flexibility index (Phi) is 8.70. The van der Waals surface area contributed by atoms with Gasteiger partial charge in [-0.3, -0.25) is 4.90 Å². The van der Waals surface area contributed by atoms with Crippen LogP contribution in [0.5, 0.6) is 0 Å². The molecule has 3 heteroatoms. The lowest BCUT2D eigenvalue weighted by atomic mass is 10.1. The molecule has 1 rings (SSSR count). The fourth-order valence-corrected chi connectivity index (χ4v) is 2.43. The average Bonchev–Trinajstić information content (AvgIpc) is 2.84. The van der Waals surface area contributed by atoms with E-state index in [0.717, 1.165) is 31.9 Å². The molecule has 0 bridgehead atoms. The summed E-state index contributed by atoms with van der Waals surface area (Å²) in [5.41, 5.74) is 1.30. The molecular weight excluding hydrogens is 260 g/mol. The van der Waals surface area contributed by atoms with Crippen LogP contribution in [-0.4, -0.2) is 24.0 Å². The SMILES string of the molecule is CCCCCN(Cc1occc1CNCC(C)C)C(C)C. The van der Waals surface area contributed by atoms with Crippen LogP contribution in [0.1, 0.15) is 65.2 Å². The zero-order valence-corrected chi connectivity index (χ0v) is 14.6. The summed E-state index contributed by atoms with van der Waals surface area (Å²) in [5.74, 6) is 1.80. The first kappa shape index (κ1) is 18.2. The van der Waals surface area contributed by atoms with E-state index >= 15 is 0 Å². The molecule has 0 aliphatic rings. The van der Waals surface area contributed by atoms with Crippen LogP contribution in [0.15, 0.2) is 16.7 Å². The molecule has 1 aromatic heterocycles. The molecule has 1 aromatic rings. The molecule has 0 aliphatic carbocycles. The van der Waals surface area contributed by atoms with Crippen molar-refractivity contribution in [1.82, 2.24) is 10.2 Å². The van der Waals surface area contributed by atoms with Crippen molar-refractivity contribution in [3.8, 4) is 0 Å². The number of unbranched alkanes of at least 4 members (excludes halogenated alkanes) is 2. The minimum atomic E-state index is 0.559. The molecule has 3 nitrogen and oxygen atoms in total. The maximum absolute atomic E-state index is 5.73. The molecule has 1 heterocycles. The lowest BCUT2D eigenvalue weighted by molar-refractivity contribution is 0.191. The second-order valence-corrected chi connectivity index (χ2v) is 6.67. The van der Waals surface area contributed by atoms with Crippen molar-refractivity contribution in [3.63, 3.8) is 0 Å². The minimum Gasteiger partial charge on any atom is -0.468 e. The summed E-state index contributed by atoms with van der Waals surface area (Å²) in [6.07, 6.45) is 5.68. The Morgan fingerprint density at radius 2 is 1.95 bits per heavy atom. The van der Waals surface area contributed by atoms with Crippen molar-refractivity contribution < 1.29 is 4.42 Å². The molecule has 0 amide bonds. The fraction of sp³-hybridized carbons (Fsp3) is 0.778. The Hall–Kier alpha value is -0.800. The van der Waals surface area contributed by atoms with Gasteiger partial charge in [0.1, 0.15) is 5.76 Å². The second-order valence-electron chi connectivity index (χ2n) is 6.67. The van der Waals surface area contributed by atoms with Gasteiger partial charge < -0.3 is 9.73 Å². The standard InChI is InChI=1S/C18H34N2O/c1-6-7-8-10-20(16(4)5)14-18-17(9-11-21-18)13-19-12-15(2)3/h9,11,15-16,19H,6-8,10,12-14H2,1-5H3. The van der Waals surface area contributed by atoms with E-state index in [0.29, 0.717) is 12.0 Å². The summed E-state index contributed by atoms with van der Waals surface area (Å²) in [6.45, 7) is 15.3. The highest BCUT2D eigenvalue weighted by molar-refractivity contribution is 5.16. The minimum absolute atomic E-state index is 0.559. The first-order chi connectivity index (χ1) is 10.0. The highest BCUT2D eigenvalue weighted by Crippen LogP contribution is 2.16. The van der Waals surface area contributed by atoms with Gasteiger partial charge in [0, 0.05) is 18.2 Å². The molecule has 0 spiro atoms. The molecule has 122 valence electrons. The Morgan fingerprint density at radius 1 is 1.19 bits per heavy atom. The zero-order valence-electron chi connectivity index (χ0n) is 14.6. The van der Waals surface area contributed by atoms with Crippen molar-refractivity contribution in [3.05, 3.63) is 23.7 Å². The number of nitrogens with zero attached hydrogens (tertiary/aromatic N) is 1. The molecule has 21 heavy (non-hydrogen) atoms. The second kappa shape index (κ2) is 10.0. The predicted octanol–water partition coefficient (Wildman–Crippen LogP) is 4.43. The van der Waals surface area contributed by atoms with E-state index in [1.807, 2.05) is 6.26 Å². The van der Waals surface area contributed by atoms with Crippen molar-refractivity contribution in [2.45, 2.75) is 73.0 Å². The lowest BCUT2D eigenvalue weighted by Gasteiger charge is -2.26. The number of nitrogens with one attached hydrogen (secondary N) is 1. The quantitative estimate of drug-likeness (QED) is 0.612. The Labute approximate surface area is 131 Å². The highest BCUT2D eigenvalue weighted by atomic mass is 16.3. The van der Waals surface area contributed by atoms with Crippen molar-refractivity contribution in [2.24, 2.45) is 5.92 Å². The van der Waals surface area contributed by atoms with Gasteiger partial charge in [0.2, 0.25) is 0 Å². The van der Waals surface area contributed by atoms with Gasteiger partial charge in [-0.25, -0.2) is 0 Å². The largest absolute Gasteiger partial charge is 0.468 e. The number of furan rings is 1. The Balaban J connectivity index is 2.52. The number of hydrogen-bond acceptors (Lipinski definition) is 3. The van der Waals surface area contributed by atoms with Gasteiger partial charge in [-0.05, 0) is 45.3 Å². The van der Waals surface area contributed by atoms with Crippen LogP contribution < -0.4 is 5.32 Å². The zero-order chi connectivity index (χ0) is 15.7. The molecule has 1 N–H and O–H groups in total. The summed E-state index contributed by atoms with van der Waals surface area (Å²) in [7, 11) is 0. The molecular formula is C18H34N2O. The van der Waals surface area contributed by atoms with E-state index in [1.54, 1.807) is 0 Å². The van der Waals surface area contributed by atoms with Crippen molar-refractivity contribution in [1.29, 1.82) is 0 Å². The monoisotopic (exact) mass is 294 g/mol. The van der Waals surface area contributed by atoms with Crippen LogP contribution in [0.3, 0.4) is 0 Å². The molecule has 0 unspecified atom stereocenters. The van der Waals surface area contributed by atoms with E-state index < -0.39 is 0 Å². The van der Waals surface area contributed by atoms with E-state index in [4.69, 9.17) is 4.42 Å². The van der Waals surface area contributed by atoms with Crippen LogP contribution in [-0.2, 0) is 13.1 Å². The first-order valence-electron chi connectivity index (χ1n) is 8.54. The van der Waals surface area contributed by atoms with E-state index in [2.05, 4.69) is 50.9 Å². The van der Waals surface area contributed by atoms with Crippen LogP contribution in [0.2, 0.25) is 0 Å². The normalized spacial score (nSPS) is 12.0. The number of rotatable bonds is 11. The van der Waals surface area contributed by atoms with Crippen LogP contribution in [0, 0.1) is 5.92 Å². The van der Waals surface area contributed by atoms with E-state index in [9.17, 15) is 0 Å². The smallest absolute Gasteiger partial charge is 0.122 e. The average molecular weight is 294 g/mol. The Morgan fingerprint density at radius 3 is 2.57 bits per heavy atom. The first-order valence-corrected chi connectivity index (χ1v) is 8.54. The van der Waals surface area contributed by atoms with Gasteiger partial charge in [-0.1, -0.05) is 33.6 Å². The molecule has 0 aromatic carbocycles. The summed E-state index contributed by atoms with van der Waals surface area (Å²) in [6, 6.07) is 2.66. The van der Waals surface area contributed by atoms with Gasteiger partial charge in [0.15, 0.2) is 0 Å². The maximum Gasteiger partial charge on any atom is 0.122 e. The molecule has 0 saturated carbocycles. The van der Waals surface area contributed by atoms with E-state index in [-0.39, 0.29) is 0 Å². The third-order valence-corrected chi connectivity index (χ3v) is 3.83. The van der Waals surface area contributed by atoms with Gasteiger partial charge in [-0.2, -0.15) is 0 Å². The summed E-state index contributed by atoms with van der Waals surface area (Å²) < 4.78 is 5.73. The van der Waals surface area contributed by atoms with Crippen LogP contribution in [0.25, 0.3) is 0 Å². The summed E-state index contributed by atoms with van der Waals surface area (Å²) in [5, 5.41) is 3.50. The van der Waals surface area contributed by atoms with Gasteiger partial charge >= 0.3 is 0 Å². The molecule has 0 fully saturated rings. The van der Waals surface area contributed by atoms with Gasteiger partial charge in [0.05, 0.1) is 12.8 Å². The van der Waals surface area contributed by atoms with Gasteiger partial charge in [-0.15, -0.1) is 0 Å². The lowest BCUT2D eigenvalue weighted by Crippen LogP contribution is -2.31. The third kappa shape index (κ3) is 7.14. The summed E-state index contributed by atoms with van der Waals surface area (Å²) >= 11 is 0. The highest BCUT2D eigenvalue weighted by Gasteiger charge is 2.14. The van der Waals surface area contributed by atoms with Crippen LogP contribution in [0.4, 0.5) is 0 Å².